The molecule has 4 heterocycles. The fourth-order valence-corrected chi connectivity index (χ4v) is 6.30. The second-order valence-corrected chi connectivity index (χ2v) is 11.6. The topological polar surface area (TPSA) is 142 Å². The Morgan fingerprint density at radius 1 is 1.22 bits per heavy atom. The van der Waals surface area contributed by atoms with E-state index in [2.05, 4.69) is 21.5 Å². The van der Waals surface area contributed by atoms with E-state index in [1.807, 2.05) is 13.8 Å². The Kier molecular flexibility index (Phi) is 6.34. The number of fused-ring (bicyclic) bond motifs is 1. The summed E-state index contributed by atoms with van der Waals surface area (Å²) in [6, 6.07) is 10.1. The van der Waals surface area contributed by atoms with E-state index in [1.165, 1.54) is 16.4 Å². The lowest BCUT2D eigenvalue weighted by molar-refractivity contribution is -0.0640. The minimum absolute atomic E-state index is 0.176. The number of sulfonamides is 1. The monoisotopic (exact) mass is 512 g/mol. The summed E-state index contributed by atoms with van der Waals surface area (Å²) >= 11 is 0. The van der Waals surface area contributed by atoms with E-state index in [0.717, 1.165) is 0 Å². The van der Waals surface area contributed by atoms with Gasteiger partial charge in [-0.05, 0) is 50.6 Å². The van der Waals surface area contributed by atoms with Crippen LogP contribution in [0.3, 0.4) is 0 Å². The number of aromatic amines is 1. The van der Waals surface area contributed by atoms with Crippen molar-refractivity contribution < 1.29 is 17.9 Å². The highest BCUT2D eigenvalue weighted by atomic mass is 32.2. The molecule has 2 aliphatic heterocycles. The summed E-state index contributed by atoms with van der Waals surface area (Å²) in [5, 5.41) is 17.8. The van der Waals surface area contributed by atoms with E-state index in [4.69, 9.17) is 9.47 Å². The number of aromatic nitrogens is 3. The van der Waals surface area contributed by atoms with Gasteiger partial charge in [0.05, 0.1) is 47.3 Å². The van der Waals surface area contributed by atoms with Gasteiger partial charge in [0.15, 0.2) is 5.82 Å². The largest absolute Gasteiger partial charge is 0.379 e. The molecular formula is C24H28N6O5S. The SMILES string of the molecule is CC1(C)CN(S(=O)(=O)c2ccc(Nc3nn([C@H]4COCC[C@@H]4C#N)c4cc[nH]c(=O)c34)cc2)CCO1. The van der Waals surface area contributed by atoms with Gasteiger partial charge < -0.3 is 19.8 Å². The number of nitrogens with zero attached hydrogens (tertiary/aromatic N) is 4. The van der Waals surface area contributed by atoms with E-state index >= 15 is 0 Å². The summed E-state index contributed by atoms with van der Waals surface area (Å²) in [5.41, 5.74) is 0.294. The zero-order chi connectivity index (χ0) is 25.5. The van der Waals surface area contributed by atoms with Gasteiger partial charge in [-0.1, -0.05) is 0 Å². The van der Waals surface area contributed by atoms with Gasteiger partial charge >= 0.3 is 0 Å². The highest BCUT2D eigenvalue weighted by Gasteiger charge is 2.35. The Hall–Kier alpha value is -3.24. The number of pyridine rings is 1. The summed E-state index contributed by atoms with van der Waals surface area (Å²) in [5.74, 6) is 0.0308. The first kappa shape index (κ1) is 24.5. The summed E-state index contributed by atoms with van der Waals surface area (Å²) < 4.78 is 40.7. The predicted octanol–water partition coefficient (Wildman–Crippen LogP) is 2.37. The average molecular weight is 513 g/mol. The highest BCUT2D eigenvalue weighted by Crippen LogP contribution is 2.32. The average Bonchev–Trinajstić information content (AvgIpc) is 3.23. The van der Waals surface area contributed by atoms with Crippen LogP contribution >= 0.6 is 0 Å². The van der Waals surface area contributed by atoms with Crippen LogP contribution in [0.2, 0.25) is 0 Å². The highest BCUT2D eigenvalue weighted by molar-refractivity contribution is 7.89. The number of ether oxygens (including phenoxy) is 2. The van der Waals surface area contributed by atoms with E-state index in [9.17, 15) is 18.5 Å². The Balaban J connectivity index is 1.44. The van der Waals surface area contributed by atoms with E-state index in [-0.39, 0.29) is 29.0 Å². The Bertz CT molecular complexity index is 1470. The van der Waals surface area contributed by atoms with Gasteiger partial charge in [-0.2, -0.15) is 14.7 Å². The zero-order valence-corrected chi connectivity index (χ0v) is 20.9. The van der Waals surface area contributed by atoms with Crippen molar-refractivity contribution in [1.29, 1.82) is 5.26 Å². The van der Waals surface area contributed by atoms with Crippen molar-refractivity contribution in [3.63, 3.8) is 0 Å². The fourth-order valence-electron chi connectivity index (χ4n) is 4.73. The molecule has 36 heavy (non-hydrogen) atoms. The maximum absolute atomic E-state index is 13.2. The lowest BCUT2D eigenvalue weighted by atomic mass is 9.96. The Morgan fingerprint density at radius 2 is 2.00 bits per heavy atom. The molecule has 0 bridgehead atoms. The fraction of sp³-hybridized carbons (Fsp3) is 0.458. The number of hydrogen-bond acceptors (Lipinski definition) is 8. The first-order valence-corrected chi connectivity index (χ1v) is 13.2. The number of hydrogen-bond donors (Lipinski definition) is 2. The van der Waals surface area contributed by atoms with Gasteiger partial charge in [0.1, 0.15) is 5.39 Å². The summed E-state index contributed by atoms with van der Waals surface area (Å²) in [4.78, 5) is 15.6. The maximum atomic E-state index is 13.2. The molecule has 2 saturated heterocycles. The third-order valence-corrected chi connectivity index (χ3v) is 8.44. The van der Waals surface area contributed by atoms with Crippen LogP contribution in [0.5, 0.6) is 0 Å². The molecule has 0 unspecified atom stereocenters. The van der Waals surface area contributed by atoms with Crippen molar-refractivity contribution in [1.82, 2.24) is 19.1 Å². The quantitative estimate of drug-likeness (QED) is 0.531. The predicted molar refractivity (Wildman–Crippen MR) is 132 cm³/mol. The number of morpholine rings is 1. The molecule has 0 saturated carbocycles. The van der Waals surface area contributed by atoms with Crippen LogP contribution in [0.4, 0.5) is 11.5 Å². The van der Waals surface area contributed by atoms with Crippen LogP contribution in [0.1, 0.15) is 26.3 Å². The molecular weight excluding hydrogens is 484 g/mol. The number of benzene rings is 1. The molecule has 2 aromatic heterocycles. The van der Waals surface area contributed by atoms with Gasteiger partial charge in [-0.25, -0.2) is 8.42 Å². The first-order chi connectivity index (χ1) is 17.2. The van der Waals surface area contributed by atoms with Crippen molar-refractivity contribution in [2.45, 2.75) is 36.8 Å². The molecule has 3 aromatic rings. The zero-order valence-electron chi connectivity index (χ0n) is 20.1. The van der Waals surface area contributed by atoms with Gasteiger partial charge in [0.25, 0.3) is 5.56 Å². The number of nitrogens with one attached hydrogen (secondary N) is 2. The van der Waals surface area contributed by atoms with Crippen LogP contribution in [-0.4, -0.2) is 66.0 Å². The second-order valence-electron chi connectivity index (χ2n) is 9.62. The third-order valence-electron chi connectivity index (χ3n) is 6.58. The summed E-state index contributed by atoms with van der Waals surface area (Å²) in [7, 11) is -3.68. The molecule has 2 fully saturated rings. The molecule has 2 N–H and O–H groups in total. The Morgan fingerprint density at radius 3 is 2.72 bits per heavy atom. The molecule has 5 rings (SSSR count). The van der Waals surface area contributed by atoms with Gasteiger partial charge in [0, 0.05) is 31.6 Å². The normalized spacial score (nSPS) is 22.8. The molecule has 2 aliphatic rings. The molecule has 2 atom stereocenters. The molecule has 0 amide bonds. The smallest absolute Gasteiger partial charge is 0.261 e. The summed E-state index contributed by atoms with van der Waals surface area (Å²) in [6.45, 7) is 5.48. The Labute approximate surface area is 208 Å². The minimum Gasteiger partial charge on any atom is -0.379 e. The number of anilines is 2. The lowest BCUT2D eigenvalue weighted by Crippen LogP contribution is -2.50. The van der Waals surface area contributed by atoms with Crippen molar-refractivity contribution in [2.75, 3.05) is 38.2 Å². The molecule has 190 valence electrons. The standard InChI is InChI=1S/C24H28N6O5S/c1-24(2)15-29(10-12-35-24)36(32,33)18-5-3-17(4-6-18)27-22-21-19(7-9-26-23(21)31)30(28-22)20-14-34-11-8-16(20)13-25/h3-7,9,16,20H,8,10-12,14-15H2,1-2H3,(H,26,31)(H,27,28)/t16-,20+/m1/s1. The van der Waals surface area contributed by atoms with Crippen LogP contribution in [0, 0.1) is 17.2 Å². The number of rotatable bonds is 5. The van der Waals surface area contributed by atoms with Crippen molar-refractivity contribution in [3.05, 3.63) is 46.9 Å². The minimum atomic E-state index is -3.68. The van der Waals surface area contributed by atoms with Crippen LogP contribution in [0.15, 0.2) is 46.2 Å². The molecule has 1 aromatic carbocycles. The molecule has 0 radical (unpaired) electrons. The molecule has 12 heteroatoms. The van der Waals surface area contributed by atoms with Crippen molar-refractivity contribution in [2.24, 2.45) is 5.92 Å². The van der Waals surface area contributed by atoms with E-state index in [1.54, 1.807) is 29.1 Å². The van der Waals surface area contributed by atoms with Crippen LogP contribution in [0.25, 0.3) is 10.9 Å². The number of H-pyrrole nitrogens is 1. The van der Waals surface area contributed by atoms with Crippen molar-refractivity contribution in [3.8, 4) is 6.07 Å². The molecule has 0 aliphatic carbocycles. The maximum Gasteiger partial charge on any atom is 0.261 e. The van der Waals surface area contributed by atoms with Gasteiger partial charge in [-0.3, -0.25) is 9.48 Å². The van der Waals surface area contributed by atoms with Crippen LogP contribution in [-0.2, 0) is 19.5 Å². The summed E-state index contributed by atoms with van der Waals surface area (Å²) in [6.07, 6.45) is 2.13. The molecule has 11 nitrogen and oxygen atoms in total. The van der Waals surface area contributed by atoms with Crippen LogP contribution < -0.4 is 10.9 Å². The number of nitriles is 1. The lowest BCUT2D eigenvalue weighted by Gasteiger charge is -2.37. The van der Waals surface area contributed by atoms with Gasteiger partial charge in [-0.15, -0.1) is 0 Å². The van der Waals surface area contributed by atoms with E-state index in [0.29, 0.717) is 55.2 Å². The van der Waals surface area contributed by atoms with Crippen molar-refractivity contribution >= 4 is 32.4 Å². The molecule has 0 spiro atoms. The first-order valence-electron chi connectivity index (χ1n) is 11.8. The van der Waals surface area contributed by atoms with Gasteiger partial charge in [0.2, 0.25) is 10.0 Å². The third kappa shape index (κ3) is 4.51. The van der Waals surface area contributed by atoms with E-state index < -0.39 is 15.6 Å². The second kappa shape index (κ2) is 9.33.